The van der Waals surface area contributed by atoms with Gasteiger partial charge in [0.05, 0.1) is 0 Å². The third-order valence-electron chi connectivity index (χ3n) is 3.40. The van der Waals surface area contributed by atoms with Crippen LogP contribution < -0.4 is 5.32 Å². The Hall–Kier alpha value is -0.900. The van der Waals surface area contributed by atoms with Crippen molar-refractivity contribution in [3.05, 3.63) is 12.2 Å². The minimum Gasteiger partial charge on any atom is -0.314 e. The Kier molecular flexibility index (Phi) is 3.93. The molecule has 0 spiro atoms. The van der Waals surface area contributed by atoms with Gasteiger partial charge in [0.1, 0.15) is 6.33 Å². The molecule has 0 amide bonds. The Bertz CT molecular complexity index is 317. The van der Waals surface area contributed by atoms with Gasteiger partial charge in [-0.3, -0.25) is 4.68 Å². The monoisotopic (exact) mass is 222 g/mol. The first-order chi connectivity index (χ1) is 7.74. The van der Waals surface area contributed by atoms with E-state index in [9.17, 15) is 0 Å². The maximum Gasteiger partial charge on any atom is 0.151 e. The number of hydrogen-bond acceptors (Lipinski definition) is 3. The smallest absolute Gasteiger partial charge is 0.151 e. The van der Waals surface area contributed by atoms with Crippen molar-refractivity contribution in [1.82, 2.24) is 20.1 Å². The zero-order valence-electron chi connectivity index (χ0n) is 10.3. The average molecular weight is 222 g/mol. The summed E-state index contributed by atoms with van der Waals surface area (Å²) in [4.78, 5) is 4.21. The van der Waals surface area contributed by atoms with Crippen molar-refractivity contribution in [3.8, 4) is 0 Å². The molecule has 1 aromatic heterocycles. The lowest BCUT2D eigenvalue weighted by Crippen LogP contribution is -2.31. The Morgan fingerprint density at radius 3 is 2.94 bits per heavy atom. The van der Waals surface area contributed by atoms with Crippen molar-refractivity contribution in [2.45, 2.75) is 45.1 Å². The molecule has 1 heterocycles. The molecule has 1 atom stereocenters. The van der Waals surface area contributed by atoms with Crippen molar-refractivity contribution in [3.63, 3.8) is 0 Å². The number of nitrogens with zero attached hydrogens (tertiary/aromatic N) is 3. The summed E-state index contributed by atoms with van der Waals surface area (Å²) < 4.78 is 1.76. The molecule has 1 unspecified atom stereocenters. The molecule has 0 bridgehead atoms. The summed E-state index contributed by atoms with van der Waals surface area (Å²) in [5.74, 6) is 1.92. The topological polar surface area (TPSA) is 42.7 Å². The second-order valence-electron chi connectivity index (χ2n) is 4.97. The second kappa shape index (κ2) is 5.43. The van der Waals surface area contributed by atoms with Crippen LogP contribution in [0.4, 0.5) is 0 Å². The maximum atomic E-state index is 4.26. The van der Waals surface area contributed by atoms with Crippen molar-refractivity contribution >= 4 is 0 Å². The van der Waals surface area contributed by atoms with Crippen LogP contribution in [-0.2, 0) is 13.5 Å². The molecular weight excluding hydrogens is 200 g/mol. The Morgan fingerprint density at radius 1 is 1.56 bits per heavy atom. The van der Waals surface area contributed by atoms with E-state index in [-0.39, 0.29) is 0 Å². The van der Waals surface area contributed by atoms with E-state index in [1.807, 2.05) is 7.05 Å². The molecular formula is C12H22N4. The minimum absolute atomic E-state index is 0.633. The molecule has 0 aromatic carbocycles. The molecule has 90 valence electrons. The van der Waals surface area contributed by atoms with Gasteiger partial charge in [-0.15, -0.1) is 0 Å². The quantitative estimate of drug-likeness (QED) is 0.793. The SMILES string of the molecule is CC(CC1CCC1)NCCc1ncn(C)n1. The molecule has 1 N–H and O–H groups in total. The summed E-state index contributed by atoms with van der Waals surface area (Å²) in [6.07, 6.45) is 8.33. The normalized spacial score (nSPS) is 18.4. The van der Waals surface area contributed by atoms with Crippen LogP contribution in [-0.4, -0.2) is 27.4 Å². The fraction of sp³-hybridized carbons (Fsp3) is 0.833. The molecule has 0 aliphatic heterocycles. The molecule has 1 aliphatic carbocycles. The Morgan fingerprint density at radius 2 is 2.38 bits per heavy atom. The van der Waals surface area contributed by atoms with Crippen LogP contribution in [0, 0.1) is 5.92 Å². The van der Waals surface area contributed by atoms with Gasteiger partial charge in [-0.2, -0.15) is 5.10 Å². The molecule has 1 saturated carbocycles. The fourth-order valence-corrected chi connectivity index (χ4v) is 2.24. The van der Waals surface area contributed by atoms with Gasteiger partial charge in [-0.1, -0.05) is 19.3 Å². The number of aromatic nitrogens is 3. The largest absolute Gasteiger partial charge is 0.314 e. The highest BCUT2D eigenvalue weighted by Gasteiger charge is 2.19. The van der Waals surface area contributed by atoms with Gasteiger partial charge < -0.3 is 5.32 Å². The zero-order chi connectivity index (χ0) is 11.4. The first-order valence-electron chi connectivity index (χ1n) is 6.32. The van der Waals surface area contributed by atoms with Gasteiger partial charge in [-0.25, -0.2) is 4.98 Å². The summed E-state index contributed by atoms with van der Waals surface area (Å²) in [6.45, 7) is 3.27. The van der Waals surface area contributed by atoms with Gasteiger partial charge in [-0.05, 0) is 19.3 Å². The second-order valence-corrected chi connectivity index (χ2v) is 4.97. The van der Waals surface area contributed by atoms with Gasteiger partial charge in [0.2, 0.25) is 0 Å². The van der Waals surface area contributed by atoms with E-state index < -0.39 is 0 Å². The minimum atomic E-state index is 0.633. The molecule has 0 radical (unpaired) electrons. The van der Waals surface area contributed by atoms with Crippen LogP contribution in [0.3, 0.4) is 0 Å². The highest BCUT2D eigenvalue weighted by Crippen LogP contribution is 2.30. The molecule has 2 rings (SSSR count). The van der Waals surface area contributed by atoms with E-state index in [1.165, 1.54) is 25.7 Å². The van der Waals surface area contributed by atoms with Gasteiger partial charge >= 0.3 is 0 Å². The van der Waals surface area contributed by atoms with Crippen LogP contribution in [0.25, 0.3) is 0 Å². The Labute approximate surface area is 97.5 Å². The van der Waals surface area contributed by atoms with E-state index in [2.05, 4.69) is 22.3 Å². The van der Waals surface area contributed by atoms with Gasteiger partial charge in [0.25, 0.3) is 0 Å². The van der Waals surface area contributed by atoms with Crippen LogP contribution in [0.15, 0.2) is 6.33 Å². The first-order valence-corrected chi connectivity index (χ1v) is 6.32. The van der Waals surface area contributed by atoms with E-state index in [4.69, 9.17) is 0 Å². The molecule has 1 aromatic rings. The highest BCUT2D eigenvalue weighted by atomic mass is 15.3. The summed E-state index contributed by atoms with van der Waals surface area (Å²) in [7, 11) is 1.91. The van der Waals surface area contributed by atoms with Crippen molar-refractivity contribution in [2.24, 2.45) is 13.0 Å². The lowest BCUT2D eigenvalue weighted by Gasteiger charge is -2.28. The number of aryl methyl sites for hydroxylation is 1. The summed E-state index contributed by atoms with van der Waals surface area (Å²) >= 11 is 0. The first kappa shape index (κ1) is 11.6. The standard InChI is InChI=1S/C12H22N4/c1-10(8-11-4-3-5-11)13-7-6-12-14-9-16(2)15-12/h9-11,13H,3-8H2,1-2H3. The lowest BCUT2D eigenvalue weighted by molar-refractivity contribution is 0.266. The number of nitrogens with one attached hydrogen (secondary N) is 1. The predicted octanol–water partition coefficient (Wildman–Crippen LogP) is 1.53. The molecule has 1 fully saturated rings. The van der Waals surface area contributed by atoms with E-state index in [0.717, 1.165) is 24.7 Å². The van der Waals surface area contributed by atoms with E-state index in [1.54, 1.807) is 11.0 Å². The molecule has 1 aliphatic rings. The lowest BCUT2D eigenvalue weighted by atomic mass is 9.81. The van der Waals surface area contributed by atoms with Crippen LogP contribution in [0.2, 0.25) is 0 Å². The fourth-order valence-electron chi connectivity index (χ4n) is 2.24. The third-order valence-corrected chi connectivity index (χ3v) is 3.40. The van der Waals surface area contributed by atoms with Crippen LogP contribution >= 0.6 is 0 Å². The molecule has 0 saturated heterocycles. The van der Waals surface area contributed by atoms with E-state index in [0.29, 0.717) is 6.04 Å². The van der Waals surface area contributed by atoms with Crippen molar-refractivity contribution in [1.29, 1.82) is 0 Å². The molecule has 4 nitrogen and oxygen atoms in total. The van der Waals surface area contributed by atoms with E-state index >= 15 is 0 Å². The Balaban J connectivity index is 1.59. The third kappa shape index (κ3) is 3.30. The van der Waals surface area contributed by atoms with Crippen LogP contribution in [0.1, 0.15) is 38.4 Å². The van der Waals surface area contributed by atoms with Crippen molar-refractivity contribution < 1.29 is 0 Å². The molecule has 16 heavy (non-hydrogen) atoms. The van der Waals surface area contributed by atoms with Gasteiger partial charge in [0, 0.05) is 26.1 Å². The zero-order valence-corrected chi connectivity index (χ0v) is 10.3. The average Bonchev–Trinajstić information content (AvgIpc) is 2.58. The highest BCUT2D eigenvalue weighted by molar-refractivity contribution is 4.83. The number of rotatable bonds is 6. The predicted molar refractivity (Wildman–Crippen MR) is 64.1 cm³/mol. The number of hydrogen-bond donors (Lipinski definition) is 1. The van der Waals surface area contributed by atoms with Gasteiger partial charge in [0.15, 0.2) is 5.82 Å². The molecule has 4 heteroatoms. The van der Waals surface area contributed by atoms with Crippen molar-refractivity contribution in [2.75, 3.05) is 6.54 Å². The summed E-state index contributed by atoms with van der Waals surface area (Å²) in [5, 5.41) is 7.81. The van der Waals surface area contributed by atoms with Crippen LogP contribution in [0.5, 0.6) is 0 Å². The summed E-state index contributed by atoms with van der Waals surface area (Å²) in [6, 6.07) is 0.633. The maximum absolute atomic E-state index is 4.26. The summed E-state index contributed by atoms with van der Waals surface area (Å²) in [5.41, 5.74) is 0.